The molecule has 0 radical (unpaired) electrons. The maximum Gasteiger partial charge on any atom is 0.0495 e. The quantitative estimate of drug-likeness (QED) is 0.760. The summed E-state index contributed by atoms with van der Waals surface area (Å²) in [5.74, 6) is 2.81. The van der Waals surface area contributed by atoms with E-state index in [0.29, 0.717) is 12.1 Å². The zero-order valence-electron chi connectivity index (χ0n) is 12.1. The van der Waals surface area contributed by atoms with Crippen molar-refractivity contribution < 1.29 is 0 Å². The number of hydrogen-bond acceptors (Lipinski definition) is 2. The highest BCUT2D eigenvalue weighted by atomic mass is 14.8. The summed E-state index contributed by atoms with van der Waals surface area (Å²) in [6.07, 6.45) is 12.9. The van der Waals surface area contributed by atoms with Crippen LogP contribution < -0.4 is 5.73 Å². The zero-order chi connectivity index (χ0) is 13.0. The molecule has 0 amide bonds. The Hall–Kier alpha value is -0.370. The Morgan fingerprint density at radius 3 is 1.94 bits per heavy atom. The van der Waals surface area contributed by atoms with Gasteiger partial charge in [0.2, 0.25) is 0 Å². The summed E-state index contributed by atoms with van der Waals surface area (Å²) < 4.78 is 0. The van der Waals surface area contributed by atoms with Gasteiger partial charge in [0.05, 0.1) is 0 Å². The molecule has 1 atom stereocenters. The number of nitrogens with zero attached hydrogens (tertiary/aromatic N) is 1. The molecule has 0 bridgehead atoms. The Morgan fingerprint density at radius 1 is 0.944 bits per heavy atom. The van der Waals surface area contributed by atoms with Gasteiger partial charge in [0.1, 0.15) is 0 Å². The number of hydrogen-bond donors (Lipinski definition) is 1. The fourth-order valence-corrected chi connectivity index (χ4v) is 4.07. The lowest BCUT2D eigenvalue weighted by Gasteiger charge is -2.38. The molecule has 2 heteroatoms. The summed E-state index contributed by atoms with van der Waals surface area (Å²) in [4.78, 5) is 4.55. The van der Waals surface area contributed by atoms with Crippen LogP contribution in [0.4, 0.5) is 0 Å². The predicted octanol–water partition coefficient (Wildman–Crippen LogP) is 3.79. The first-order valence-electron chi connectivity index (χ1n) is 7.94. The third kappa shape index (κ3) is 3.57. The van der Waals surface area contributed by atoms with Gasteiger partial charge in [-0.05, 0) is 89.2 Å². The summed E-state index contributed by atoms with van der Waals surface area (Å²) in [6, 6.07) is 1.03. The molecule has 104 valence electrons. The molecule has 0 aromatic rings. The van der Waals surface area contributed by atoms with Gasteiger partial charge < -0.3 is 5.73 Å². The average molecular weight is 250 g/mol. The first-order chi connectivity index (χ1) is 8.70. The lowest BCUT2D eigenvalue weighted by atomic mass is 9.69. The van der Waals surface area contributed by atoms with Crippen LogP contribution in [-0.4, -0.2) is 18.3 Å². The van der Waals surface area contributed by atoms with E-state index in [1.165, 1.54) is 51.4 Å². The second-order valence-corrected chi connectivity index (χ2v) is 6.50. The van der Waals surface area contributed by atoms with Crippen molar-refractivity contribution in [3.8, 4) is 0 Å². The summed E-state index contributed by atoms with van der Waals surface area (Å²) in [7, 11) is 0. The lowest BCUT2D eigenvalue weighted by Crippen LogP contribution is -2.32. The van der Waals surface area contributed by atoms with Gasteiger partial charge in [-0.3, -0.25) is 4.99 Å². The molecule has 2 aliphatic rings. The van der Waals surface area contributed by atoms with E-state index in [0.717, 1.165) is 17.8 Å². The second-order valence-electron chi connectivity index (χ2n) is 6.50. The van der Waals surface area contributed by atoms with E-state index >= 15 is 0 Å². The van der Waals surface area contributed by atoms with Crippen LogP contribution in [0.2, 0.25) is 0 Å². The molecular formula is C16H30N2. The first kappa shape index (κ1) is 14.0. The number of rotatable bonds is 3. The molecule has 0 aliphatic heterocycles. The zero-order valence-corrected chi connectivity index (χ0v) is 12.1. The van der Waals surface area contributed by atoms with Crippen molar-refractivity contribution in [2.75, 3.05) is 0 Å². The van der Waals surface area contributed by atoms with E-state index in [1.54, 1.807) is 0 Å². The molecule has 0 aromatic carbocycles. The predicted molar refractivity (Wildman–Crippen MR) is 79.0 cm³/mol. The molecule has 2 rings (SSSR count). The smallest absolute Gasteiger partial charge is 0.0495 e. The molecule has 2 fully saturated rings. The van der Waals surface area contributed by atoms with E-state index in [2.05, 4.69) is 11.9 Å². The Kier molecular flexibility index (Phi) is 5.23. The molecule has 0 saturated heterocycles. The number of aliphatic imine (C=N–C) groups is 1. The fourth-order valence-electron chi connectivity index (χ4n) is 4.07. The van der Waals surface area contributed by atoms with Crippen molar-refractivity contribution in [3.63, 3.8) is 0 Å². The largest absolute Gasteiger partial charge is 0.328 e. The van der Waals surface area contributed by atoms with Gasteiger partial charge in [-0.1, -0.05) is 0 Å². The van der Waals surface area contributed by atoms with Crippen molar-refractivity contribution >= 4 is 6.21 Å². The molecule has 0 heterocycles. The van der Waals surface area contributed by atoms with Crippen molar-refractivity contribution in [3.05, 3.63) is 0 Å². The summed E-state index contributed by atoms with van der Waals surface area (Å²) in [5, 5.41) is 0. The molecule has 18 heavy (non-hydrogen) atoms. The maximum absolute atomic E-state index is 6.01. The fraction of sp³-hybridized carbons (Fsp3) is 0.938. The molecule has 2 N–H and O–H groups in total. The van der Waals surface area contributed by atoms with Crippen molar-refractivity contribution in [2.24, 2.45) is 28.5 Å². The van der Waals surface area contributed by atoms with Crippen LogP contribution in [0.1, 0.15) is 65.2 Å². The highest BCUT2D eigenvalue weighted by molar-refractivity contribution is 5.53. The standard InChI is InChI=1S/C16H30N2/c1-3-18-12(2)13-4-6-14(7-5-13)15-8-10-16(17)11-9-15/h3,12-16H,4-11,17H2,1-2H3. The van der Waals surface area contributed by atoms with Crippen molar-refractivity contribution in [1.29, 1.82) is 0 Å². The number of nitrogens with two attached hydrogens (primary N) is 1. The first-order valence-corrected chi connectivity index (χ1v) is 7.94. The Bertz CT molecular complexity index is 258. The topological polar surface area (TPSA) is 38.4 Å². The molecule has 0 spiro atoms. The van der Waals surface area contributed by atoms with Gasteiger partial charge in [0.15, 0.2) is 0 Å². The van der Waals surface area contributed by atoms with Crippen LogP contribution >= 0.6 is 0 Å². The van der Waals surface area contributed by atoms with Gasteiger partial charge in [0.25, 0.3) is 0 Å². The normalized spacial score (nSPS) is 39.9. The van der Waals surface area contributed by atoms with Gasteiger partial charge in [-0.25, -0.2) is 0 Å². The molecular weight excluding hydrogens is 220 g/mol. The molecule has 2 saturated carbocycles. The summed E-state index contributed by atoms with van der Waals surface area (Å²) >= 11 is 0. The highest BCUT2D eigenvalue weighted by Crippen LogP contribution is 2.40. The van der Waals surface area contributed by atoms with Crippen LogP contribution in [0.3, 0.4) is 0 Å². The average Bonchev–Trinajstić information content (AvgIpc) is 2.40. The second kappa shape index (κ2) is 6.70. The third-order valence-corrected chi connectivity index (χ3v) is 5.37. The Morgan fingerprint density at radius 2 is 1.44 bits per heavy atom. The van der Waals surface area contributed by atoms with Crippen LogP contribution in [0, 0.1) is 17.8 Å². The minimum absolute atomic E-state index is 0.497. The Labute approximate surface area is 112 Å². The monoisotopic (exact) mass is 250 g/mol. The van der Waals surface area contributed by atoms with Gasteiger partial charge in [-0.15, -0.1) is 0 Å². The van der Waals surface area contributed by atoms with E-state index in [-0.39, 0.29) is 0 Å². The van der Waals surface area contributed by atoms with Crippen LogP contribution in [0.5, 0.6) is 0 Å². The van der Waals surface area contributed by atoms with Gasteiger partial charge in [0, 0.05) is 12.1 Å². The Balaban J connectivity index is 1.76. The van der Waals surface area contributed by atoms with Gasteiger partial charge in [-0.2, -0.15) is 0 Å². The van der Waals surface area contributed by atoms with Crippen LogP contribution in [0.15, 0.2) is 4.99 Å². The SMILES string of the molecule is CC=NC(C)C1CCC(C2CCC(N)CC2)CC1. The lowest BCUT2D eigenvalue weighted by molar-refractivity contribution is 0.153. The minimum Gasteiger partial charge on any atom is -0.328 e. The summed E-state index contributed by atoms with van der Waals surface area (Å²) in [6.45, 7) is 4.32. The van der Waals surface area contributed by atoms with Crippen molar-refractivity contribution in [1.82, 2.24) is 0 Å². The van der Waals surface area contributed by atoms with E-state index in [9.17, 15) is 0 Å². The minimum atomic E-state index is 0.497. The third-order valence-electron chi connectivity index (χ3n) is 5.37. The maximum atomic E-state index is 6.01. The van der Waals surface area contributed by atoms with E-state index in [4.69, 9.17) is 5.73 Å². The van der Waals surface area contributed by atoms with Crippen molar-refractivity contribution in [2.45, 2.75) is 77.3 Å². The molecule has 1 unspecified atom stereocenters. The highest BCUT2D eigenvalue weighted by Gasteiger charge is 2.31. The molecule has 0 aromatic heterocycles. The van der Waals surface area contributed by atoms with Crippen LogP contribution in [0.25, 0.3) is 0 Å². The van der Waals surface area contributed by atoms with Crippen LogP contribution in [-0.2, 0) is 0 Å². The molecule has 2 aliphatic carbocycles. The summed E-state index contributed by atoms with van der Waals surface area (Å²) in [5.41, 5.74) is 6.01. The van der Waals surface area contributed by atoms with E-state index in [1.807, 2.05) is 13.1 Å². The van der Waals surface area contributed by atoms with E-state index < -0.39 is 0 Å². The molecule has 2 nitrogen and oxygen atoms in total. The van der Waals surface area contributed by atoms with Gasteiger partial charge >= 0.3 is 0 Å².